The van der Waals surface area contributed by atoms with E-state index in [1.165, 1.54) is 35.1 Å². The zero-order chi connectivity index (χ0) is 19.2. The van der Waals surface area contributed by atoms with Crippen molar-refractivity contribution in [3.8, 4) is 0 Å². The first-order chi connectivity index (χ1) is 13.1. The Labute approximate surface area is 174 Å². The molecule has 0 aliphatic carbocycles. The van der Waals surface area contributed by atoms with Gasteiger partial charge in [0, 0.05) is 16.1 Å². The van der Waals surface area contributed by atoms with Crippen LogP contribution in [0.15, 0.2) is 58.0 Å². The minimum atomic E-state index is -0.231. The lowest BCUT2D eigenvalue weighted by atomic mass is 10.0. The van der Waals surface area contributed by atoms with E-state index in [2.05, 4.69) is 14.7 Å². The van der Waals surface area contributed by atoms with E-state index in [4.69, 9.17) is 11.6 Å². The number of ketones is 1. The lowest BCUT2D eigenvalue weighted by Gasteiger charge is -2.11. The average Bonchev–Trinajstić information content (AvgIpc) is 3.16. The molecule has 138 valence electrons. The molecule has 2 aromatic carbocycles. The fraction of sp³-hybridized carbons (Fsp3) is 0.111. The van der Waals surface area contributed by atoms with Gasteiger partial charge in [0.2, 0.25) is 11.1 Å². The summed E-state index contributed by atoms with van der Waals surface area (Å²) in [6.07, 6.45) is 1.90. The maximum atomic E-state index is 12.8. The number of hydrogen-bond acceptors (Lipinski definition) is 7. The lowest BCUT2D eigenvalue weighted by Crippen LogP contribution is -2.17. The standard InChI is InChI=1S/C18H14ClN3O2S3/c1-25-17-21-18(27-22-17)26-10-15(23)20-14-8-7-12(19)9-13(14)16(24)11-5-3-2-4-6-11/h2-9H,10H2,1H3,(H,20,23). The number of amides is 1. The Kier molecular flexibility index (Phi) is 6.89. The topological polar surface area (TPSA) is 72.0 Å². The third-order valence-corrected chi connectivity index (χ3v) is 6.17. The van der Waals surface area contributed by atoms with E-state index in [-0.39, 0.29) is 17.4 Å². The number of benzene rings is 2. The molecule has 27 heavy (non-hydrogen) atoms. The van der Waals surface area contributed by atoms with E-state index in [1.807, 2.05) is 12.3 Å². The van der Waals surface area contributed by atoms with Crippen molar-refractivity contribution >= 4 is 64.0 Å². The summed E-state index contributed by atoms with van der Waals surface area (Å²) in [4.78, 5) is 29.4. The van der Waals surface area contributed by atoms with Crippen LogP contribution < -0.4 is 5.32 Å². The van der Waals surface area contributed by atoms with Gasteiger partial charge in [-0.15, -0.1) is 0 Å². The molecule has 0 radical (unpaired) electrons. The Bertz CT molecular complexity index is 963. The molecular weight excluding hydrogens is 422 g/mol. The van der Waals surface area contributed by atoms with Crippen LogP contribution in [0, 0.1) is 0 Å². The van der Waals surface area contributed by atoms with Crippen LogP contribution in [0.1, 0.15) is 15.9 Å². The van der Waals surface area contributed by atoms with Gasteiger partial charge in [-0.1, -0.05) is 65.5 Å². The predicted octanol–water partition coefficient (Wildman–Crippen LogP) is 4.88. The number of anilines is 1. The molecule has 0 aliphatic heterocycles. The molecule has 0 aliphatic rings. The molecule has 1 N–H and O–H groups in total. The predicted molar refractivity (Wildman–Crippen MR) is 112 cm³/mol. The number of rotatable bonds is 7. The summed E-state index contributed by atoms with van der Waals surface area (Å²) in [6.45, 7) is 0. The van der Waals surface area contributed by atoms with Crippen molar-refractivity contribution in [2.24, 2.45) is 0 Å². The quantitative estimate of drug-likeness (QED) is 0.421. The summed E-state index contributed by atoms with van der Waals surface area (Å²) in [5.74, 6) is -0.259. The fourth-order valence-electron chi connectivity index (χ4n) is 2.21. The number of halogens is 1. The highest BCUT2D eigenvalue weighted by Crippen LogP contribution is 2.26. The van der Waals surface area contributed by atoms with Gasteiger partial charge < -0.3 is 5.32 Å². The van der Waals surface area contributed by atoms with Crippen LogP contribution in [0.25, 0.3) is 0 Å². The number of nitrogens with zero attached hydrogens (tertiary/aromatic N) is 2. The first-order valence-electron chi connectivity index (χ1n) is 7.76. The molecular formula is C18H14ClN3O2S3. The molecule has 0 fully saturated rings. The monoisotopic (exact) mass is 435 g/mol. The van der Waals surface area contributed by atoms with Crippen LogP contribution in [-0.4, -0.2) is 33.1 Å². The van der Waals surface area contributed by atoms with E-state index >= 15 is 0 Å². The van der Waals surface area contributed by atoms with Crippen LogP contribution in [0.5, 0.6) is 0 Å². The number of carbonyl (C=O) groups is 2. The summed E-state index contributed by atoms with van der Waals surface area (Å²) in [6, 6.07) is 13.7. The molecule has 5 nitrogen and oxygen atoms in total. The number of hydrogen-bond donors (Lipinski definition) is 1. The zero-order valence-corrected chi connectivity index (χ0v) is 17.3. The van der Waals surface area contributed by atoms with Gasteiger partial charge in [0.05, 0.1) is 11.4 Å². The number of aromatic nitrogens is 2. The van der Waals surface area contributed by atoms with Gasteiger partial charge >= 0.3 is 0 Å². The molecule has 3 aromatic rings. The molecule has 0 unspecified atom stereocenters. The maximum absolute atomic E-state index is 12.8. The molecule has 0 spiro atoms. The van der Waals surface area contributed by atoms with Gasteiger partial charge in [-0.25, -0.2) is 4.98 Å². The summed E-state index contributed by atoms with van der Waals surface area (Å²) in [5, 5.41) is 3.91. The van der Waals surface area contributed by atoms with Crippen molar-refractivity contribution in [2.75, 3.05) is 17.3 Å². The molecule has 3 rings (SSSR count). The van der Waals surface area contributed by atoms with Crippen molar-refractivity contribution in [3.05, 3.63) is 64.7 Å². The normalized spacial score (nSPS) is 10.6. The van der Waals surface area contributed by atoms with Crippen molar-refractivity contribution in [2.45, 2.75) is 9.50 Å². The average molecular weight is 436 g/mol. The van der Waals surface area contributed by atoms with Gasteiger partial charge in [-0.2, -0.15) is 4.37 Å². The fourth-order valence-corrected chi connectivity index (χ4v) is 4.39. The van der Waals surface area contributed by atoms with Crippen LogP contribution in [-0.2, 0) is 4.79 Å². The van der Waals surface area contributed by atoms with Gasteiger partial charge in [-0.05, 0) is 36.0 Å². The Morgan fingerprint density at radius 3 is 2.67 bits per heavy atom. The van der Waals surface area contributed by atoms with E-state index in [9.17, 15) is 9.59 Å². The number of carbonyl (C=O) groups excluding carboxylic acids is 2. The van der Waals surface area contributed by atoms with E-state index in [0.29, 0.717) is 27.0 Å². The highest BCUT2D eigenvalue weighted by molar-refractivity contribution is 8.01. The zero-order valence-electron chi connectivity index (χ0n) is 14.1. The molecule has 0 saturated carbocycles. The van der Waals surface area contributed by atoms with Gasteiger partial charge in [0.25, 0.3) is 0 Å². The summed E-state index contributed by atoms with van der Waals surface area (Å²) in [7, 11) is 0. The van der Waals surface area contributed by atoms with Crippen LogP contribution in [0.3, 0.4) is 0 Å². The molecule has 0 atom stereocenters. The Hall–Kier alpha value is -1.87. The van der Waals surface area contributed by atoms with E-state index < -0.39 is 0 Å². The van der Waals surface area contributed by atoms with E-state index in [1.54, 1.807) is 42.5 Å². The van der Waals surface area contributed by atoms with Gasteiger partial charge in [0.1, 0.15) is 0 Å². The maximum Gasteiger partial charge on any atom is 0.234 e. The molecule has 1 aromatic heterocycles. The van der Waals surface area contributed by atoms with E-state index in [0.717, 1.165) is 4.34 Å². The second-order valence-electron chi connectivity index (χ2n) is 5.27. The number of thioether (sulfide) groups is 2. The van der Waals surface area contributed by atoms with Crippen molar-refractivity contribution < 1.29 is 9.59 Å². The first-order valence-corrected chi connectivity index (χ1v) is 11.1. The smallest absolute Gasteiger partial charge is 0.234 e. The Balaban J connectivity index is 1.72. The molecule has 0 bridgehead atoms. The summed E-state index contributed by atoms with van der Waals surface area (Å²) >= 11 is 10.1. The Morgan fingerprint density at radius 1 is 1.19 bits per heavy atom. The van der Waals surface area contributed by atoms with Crippen LogP contribution in [0.2, 0.25) is 5.02 Å². The largest absolute Gasteiger partial charge is 0.325 e. The lowest BCUT2D eigenvalue weighted by molar-refractivity contribution is -0.113. The third kappa shape index (κ3) is 5.32. The van der Waals surface area contributed by atoms with Crippen molar-refractivity contribution in [3.63, 3.8) is 0 Å². The van der Waals surface area contributed by atoms with Crippen molar-refractivity contribution in [1.29, 1.82) is 0 Å². The SMILES string of the molecule is CSc1nsc(SCC(=O)Nc2ccc(Cl)cc2C(=O)c2ccccc2)n1. The van der Waals surface area contributed by atoms with Gasteiger partial charge in [0.15, 0.2) is 10.1 Å². The Morgan fingerprint density at radius 2 is 1.96 bits per heavy atom. The molecule has 1 heterocycles. The van der Waals surface area contributed by atoms with Crippen LogP contribution in [0.4, 0.5) is 5.69 Å². The highest BCUT2D eigenvalue weighted by Gasteiger charge is 2.16. The first kappa shape index (κ1) is 19.9. The highest BCUT2D eigenvalue weighted by atomic mass is 35.5. The minimum Gasteiger partial charge on any atom is -0.325 e. The van der Waals surface area contributed by atoms with Crippen molar-refractivity contribution in [1.82, 2.24) is 9.36 Å². The number of nitrogens with one attached hydrogen (secondary N) is 1. The summed E-state index contributed by atoms with van der Waals surface area (Å²) < 4.78 is 4.89. The summed E-state index contributed by atoms with van der Waals surface area (Å²) in [5.41, 5.74) is 1.32. The second-order valence-corrected chi connectivity index (χ2v) is 8.45. The second kappa shape index (κ2) is 9.36. The molecule has 9 heteroatoms. The molecule has 0 saturated heterocycles. The van der Waals surface area contributed by atoms with Gasteiger partial charge in [-0.3, -0.25) is 9.59 Å². The van der Waals surface area contributed by atoms with Crippen LogP contribution >= 0.6 is 46.7 Å². The molecule has 1 amide bonds. The minimum absolute atomic E-state index is 0.171. The third-order valence-electron chi connectivity index (χ3n) is 3.43.